The number of hydrogen-bond donors (Lipinski definition) is 0. The maximum Gasteiger partial charge on any atom is 0.306 e. The minimum atomic E-state index is -0.757. The Bertz CT molecular complexity index is 766. The Balaban J connectivity index is 4.18. The predicted octanol–water partition coefficient (Wildman–Crippen LogP) is 13.9. The second kappa shape index (κ2) is 39.6. The van der Waals surface area contributed by atoms with Gasteiger partial charge in [-0.2, -0.15) is 0 Å². The van der Waals surface area contributed by atoms with E-state index in [0.29, 0.717) is 19.3 Å². The van der Waals surface area contributed by atoms with Gasteiger partial charge < -0.3 is 14.2 Å². The number of unbranched alkanes of at least 4 members (excludes halogenated alkanes) is 27. The van der Waals surface area contributed by atoms with Gasteiger partial charge in [0, 0.05) is 19.3 Å². The molecule has 0 saturated heterocycles. The summed E-state index contributed by atoms with van der Waals surface area (Å²) in [5, 5.41) is 0. The molecule has 0 spiro atoms. The molecule has 0 aliphatic heterocycles. The molecule has 1 atom stereocenters. The van der Waals surface area contributed by atoms with Gasteiger partial charge in [0.05, 0.1) is 0 Å². The van der Waals surface area contributed by atoms with Crippen LogP contribution in [0, 0.1) is 5.92 Å². The van der Waals surface area contributed by atoms with Crippen LogP contribution in [0.1, 0.15) is 246 Å². The van der Waals surface area contributed by atoms with E-state index in [0.717, 1.165) is 70.1 Å². The van der Waals surface area contributed by atoms with E-state index in [1.807, 2.05) is 0 Å². The van der Waals surface area contributed by atoms with Gasteiger partial charge in [-0.05, 0) is 25.2 Å². The lowest BCUT2D eigenvalue weighted by atomic mass is 10.0. The zero-order valence-corrected chi connectivity index (χ0v) is 34.6. The van der Waals surface area contributed by atoms with Crippen molar-refractivity contribution in [2.24, 2.45) is 5.92 Å². The van der Waals surface area contributed by atoms with Gasteiger partial charge in [0.15, 0.2) is 6.10 Å². The van der Waals surface area contributed by atoms with Crippen LogP contribution in [0.2, 0.25) is 0 Å². The quantitative estimate of drug-likeness (QED) is 0.0356. The summed E-state index contributed by atoms with van der Waals surface area (Å²) < 4.78 is 16.6. The Labute approximate surface area is 317 Å². The average Bonchev–Trinajstić information content (AvgIpc) is 3.11. The minimum Gasteiger partial charge on any atom is -0.462 e. The first-order valence-corrected chi connectivity index (χ1v) is 22.4. The van der Waals surface area contributed by atoms with Gasteiger partial charge in [0.25, 0.3) is 0 Å². The highest BCUT2D eigenvalue weighted by molar-refractivity contribution is 5.71. The normalized spacial score (nSPS) is 11.9. The SMILES string of the molecule is CCCCCCCCCCCCCCCC(=O)O[C@H](COC(=O)CCCCCCC)COC(=O)CCCCCCCCCCCCCCC(C)C. The molecule has 0 saturated carbocycles. The maximum atomic E-state index is 12.6. The maximum absolute atomic E-state index is 12.6. The molecule has 0 aromatic carbocycles. The molecule has 0 aromatic heterocycles. The van der Waals surface area contributed by atoms with Crippen molar-refractivity contribution in [2.45, 2.75) is 252 Å². The van der Waals surface area contributed by atoms with Gasteiger partial charge in [0.2, 0.25) is 0 Å². The highest BCUT2D eigenvalue weighted by Gasteiger charge is 2.19. The molecule has 0 N–H and O–H groups in total. The lowest BCUT2D eigenvalue weighted by Gasteiger charge is -2.18. The van der Waals surface area contributed by atoms with E-state index in [2.05, 4.69) is 27.7 Å². The molecule has 0 aliphatic rings. The predicted molar refractivity (Wildman–Crippen MR) is 215 cm³/mol. The van der Waals surface area contributed by atoms with Crippen LogP contribution in [0.4, 0.5) is 0 Å². The topological polar surface area (TPSA) is 78.9 Å². The van der Waals surface area contributed by atoms with Crippen LogP contribution in [0.3, 0.4) is 0 Å². The van der Waals surface area contributed by atoms with Crippen molar-refractivity contribution in [3.8, 4) is 0 Å². The van der Waals surface area contributed by atoms with Crippen LogP contribution in [-0.4, -0.2) is 37.2 Å². The third-order valence-corrected chi connectivity index (χ3v) is 10.0. The van der Waals surface area contributed by atoms with Gasteiger partial charge in [-0.1, -0.05) is 207 Å². The van der Waals surface area contributed by atoms with Crippen molar-refractivity contribution >= 4 is 17.9 Å². The van der Waals surface area contributed by atoms with Crippen molar-refractivity contribution in [2.75, 3.05) is 13.2 Å². The number of carbonyl (C=O) groups excluding carboxylic acids is 3. The summed E-state index contributed by atoms with van der Waals surface area (Å²) in [5.74, 6) is -0.0347. The number of esters is 3. The first-order valence-electron chi connectivity index (χ1n) is 22.4. The van der Waals surface area contributed by atoms with Gasteiger partial charge in [-0.15, -0.1) is 0 Å². The van der Waals surface area contributed by atoms with E-state index in [-0.39, 0.29) is 31.1 Å². The zero-order chi connectivity index (χ0) is 37.5. The minimum absolute atomic E-state index is 0.0648. The Morgan fingerprint density at radius 3 is 0.961 bits per heavy atom. The summed E-state index contributed by atoms with van der Waals surface area (Å²) in [6, 6.07) is 0. The fourth-order valence-corrected chi connectivity index (χ4v) is 6.63. The molecule has 51 heavy (non-hydrogen) atoms. The lowest BCUT2D eigenvalue weighted by molar-refractivity contribution is -0.167. The van der Waals surface area contributed by atoms with Crippen molar-refractivity contribution in [1.82, 2.24) is 0 Å². The molecule has 0 amide bonds. The summed E-state index contributed by atoms with van der Waals surface area (Å²) in [4.78, 5) is 37.4. The Hall–Kier alpha value is -1.59. The van der Waals surface area contributed by atoms with Crippen molar-refractivity contribution in [3.63, 3.8) is 0 Å². The van der Waals surface area contributed by atoms with E-state index >= 15 is 0 Å². The first-order chi connectivity index (χ1) is 24.9. The van der Waals surface area contributed by atoms with Gasteiger partial charge in [-0.25, -0.2) is 0 Å². The summed E-state index contributed by atoms with van der Waals surface area (Å²) in [5.41, 5.74) is 0. The average molecular weight is 723 g/mol. The van der Waals surface area contributed by atoms with Crippen LogP contribution < -0.4 is 0 Å². The van der Waals surface area contributed by atoms with E-state index in [9.17, 15) is 14.4 Å². The molecule has 0 rings (SSSR count). The van der Waals surface area contributed by atoms with E-state index < -0.39 is 6.10 Å². The van der Waals surface area contributed by atoms with Crippen molar-refractivity contribution < 1.29 is 28.6 Å². The van der Waals surface area contributed by atoms with Crippen LogP contribution in [0.25, 0.3) is 0 Å². The number of ether oxygens (including phenoxy) is 3. The Morgan fingerprint density at radius 2 is 0.647 bits per heavy atom. The molecule has 0 bridgehead atoms. The summed E-state index contributed by atoms with van der Waals surface area (Å²) in [6.45, 7) is 8.92. The third-order valence-electron chi connectivity index (χ3n) is 10.0. The van der Waals surface area contributed by atoms with E-state index in [4.69, 9.17) is 14.2 Å². The highest BCUT2D eigenvalue weighted by atomic mass is 16.6. The smallest absolute Gasteiger partial charge is 0.306 e. The fourth-order valence-electron chi connectivity index (χ4n) is 6.63. The standard InChI is InChI=1S/C45H86O6/c1-5-7-9-11-12-13-14-15-20-23-26-30-34-38-45(48)51-42(39-49-43(46)36-32-27-10-8-6-2)40-50-44(47)37-33-29-25-22-19-17-16-18-21-24-28-31-35-41(3)4/h41-42H,5-40H2,1-4H3/t42-/m1/s1. The zero-order valence-electron chi connectivity index (χ0n) is 34.6. The Kier molecular flexibility index (Phi) is 38.4. The van der Waals surface area contributed by atoms with E-state index in [1.54, 1.807) is 0 Å². The summed E-state index contributed by atoms with van der Waals surface area (Å²) >= 11 is 0. The lowest BCUT2D eigenvalue weighted by Crippen LogP contribution is -2.30. The van der Waals surface area contributed by atoms with Crippen LogP contribution in [0.5, 0.6) is 0 Å². The van der Waals surface area contributed by atoms with Crippen LogP contribution >= 0.6 is 0 Å². The third kappa shape index (κ3) is 39.5. The van der Waals surface area contributed by atoms with Crippen LogP contribution in [-0.2, 0) is 28.6 Å². The summed E-state index contributed by atoms with van der Waals surface area (Å²) in [6.07, 6.45) is 38.3. The first kappa shape index (κ1) is 49.4. The molecule has 0 aromatic rings. The molecule has 0 unspecified atom stereocenters. The van der Waals surface area contributed by atoms with Crippen molar-refractivity contribution in [3.05, 3.63) is 0 Å². The number of hydrogen-bond acceptors (Lipinski definition) is 6. The Morgan fingerprint density at radius 1 is 0.373 bits per heavy atom. The molecular formula is C45H86O6. The molecule has 0 radical (unpaired) electrons. The van der Waals surface area contributed by atoms with Gasteiger partial charge in [-0.3, -0.25) is 14.4 Å². The van der Waals surface area contributed by atoms with Crippen molar-refractivity contribution in [1.29, 1.82) is 0 Å². The van der Waals surface area contributed by atoms with Gasteiger partial charge >= 0.3 is 17.9 Å². The molecular weight excluding hydrogens is 636 g/mol. The van der Waals surface area contributed by atoms with E-state index in [1.165, 1.54) is 135 Å². The molecule has 302 valence electrons. The molecule has 0 aliphatic carbocycles. The molecule has 6 nitrogen and oxygen atoms in total. The largest absolute Gasteiger partial charge is 0.462 e. The summed E-state index contributed by atoms with van der Waals surface area (Å²) in [7, 11) is 0. The monoisotopic (exact) mass is 723 g/mol. The van der Waals surface area contributed by atoms with Gasteiger partial charge in [0.1, 0.15) is 13.2 Å². The second-order valence-corrected chi connectivity index (χ2v) is 15.8. The second-order valence-electron chi connectivity index (χ2n) is 15.8. The number of rotatable bonds is 40. The fraction of sp³-hybridized carbons (Fsp3) is 0.933. The van der Waals surface area contributed by atoms with Crippen LogP contribution in [0.15, 0.2) is 0 Å². The molecule has 0 fully saturated rings. The highest BCUT2D eigenvalue weighted by Crippen LogP contribution is 2.16. The molecule has 0 heterocycles. The number of carbonyl (C=O) groups is 3. The molecule has 6 heteroatoms.